The van der Waals surface area contributed by atoms with Gasteiger partial charge in [0.25, 0.3) is 0 Å². The van der Waals surface area contributed by atoms with Crippen LogP contribution in [0.25, 0.3) is 22.3 Å². The number of nitrogens with zero attached hydrogens (tertiary/aromatic N) is 2. The fourth-order valence-electron chi connectivity index (χ4n) is 2.55. The molecule has 0 saturated heterocycles. The molecule has 0 aliphatic carbocycles. The highest BCUT2D eigenvalue weighted by Crippen LogP contribution is 2.26. The van der Waals surface area contributed by atoms with E-state index in [4.69, 9.17) is 0 Å². The number of aromatic nitrogens is 3. The Morgan fingerprint density at radius 2 is 1.67 bits per heavy atom. The smallest absolute Gasteiger partial charge is 0.249 e. The molecule has 0 bridgehead atoms. The maximum atomic E-state index is 11.5. The Morgan fingerprint density at radius 3 is 2.50 bits per heavy atom. The third kappa shape index (κ3) is 2.75. The quantitative estimate of drug-likeness (QED) is 0.604. The number of anilines is 2. The summed E-state index contributed by atoms with van der Waals surface area (Å²) in [5.74, 6) is 1.31. The second-order valence-electron chi connectivity index (χ2n) is 5.35. The number of H-pyrrole nitrogens is 1. The van der Waals surface area contributed by atoms with E-state index in [-0.39, 0.29) is 5.56 Å². The number of pyridine rings is 1. The van der Waals surface area contributed by atoms with Gasteiger partial charge in [-0.05, 0) is 18.2 Å². The number of rotatable bonds is 3. The van der Waals surface area contributed by atoms with Crippen molar-refractivity contribution in [2.75, 3.05) is 5.32 Å². The molecule has 0 spiro atoms. The molecule has 24 heavy (non-hydrogen) atoms. The van der Waals surface area contributed by atoms with E-state index < -0.39 is 0 Å². The van der Waals surface area contributed by atoms with E-state index in [9.17, 15) is 4.79 Å². The topological polar surface area (TPSA) is 70.7 Å². The number of hydrogen-bond acceptors (Lipinski definition) is 4. The number of para-hydroxylation sites is 1. The van der Waals surface area contributed by atoms with Crippen molar-refractivity contribution in [3.63, 3.8) is 0 Å². The normalized spacial score (nSPS) is 10.7. The van der Waals surface area contributed by atoms with Crippen LogP contribution in [-0.2, 0) is 0 Å². The van der Waals surface area contributed by atoms with Crippen LogP contribution in [0.15, 0.2) is 77.7 Å². The summed E-state index contributed by atoms with van der Waals surface area (Å²) in [7, 11) is 0. The fourth-order valence-corrected chi connectivity index (χ4v) is 2.55. The summed E-state index contributed by atoms with van der Waals surface area (Å²) in [6.07, 6.45) is 1.60. The van der Waals surface area contributed by atoms with Crippen molar-refractivity contribution in [3.8, 4) is 11.4 Å². The first-order chi connectivity index (χ1) is 11.8. The third-order valence-corrected chi connectivity index (χ3v) is 3.67. The van der Waals surface area contributed by atoms with Crippen LogP contribution in [0.5, 0.6) is 0 Å². The molecular formula is C19H14N4O. The first-order valence-electron chi connectivity index (χ1n) is 7.57. The van der Waals surface area contributed by atoms with Crippen molar-refractivity contribution < 1.29 is 0 Å². The van der Waals surface area contributed by atoms with Gasteiger partial charge in [-0.25, -0.2) is 9.97 Å². The molecule has 0 aliphatic rings. The van der Waals surface area contributed by atoms with E-state index in [1.54, 1.807) is 12.3 Å². The van der Waals surface area contributed by atoms with Gasteiger partial charge in [0.2, 0.25) is 5.56 Å². The molecule has 2 heterocycles. The molecule has 0 amide bonds. The molecule has 4 aromatic rings. The summed E-state index contributed by atoms with van der Waals surface area (Å²) in [6, 6.07) is 20.9. The van der Waals surface area contributed by atoms with Gasteiger partial charge < -0.3 is 10.3 Å². The van der Waals surface area contributed by atoms with Crippen LogP contribution in [0.1, 0.15) is 0 Å². The molecule has 2 aromatic carbocycles. The zero-order valence-corrected chi connectivity index (χ0v) is 12.7. The number of hydrogen-bond donors (Lipinski definition) is 2. The fraction of sp³-hybridized carbons (Fsp3) is 0. The molecule has 116 valence electrons. The molecule has 4 rings (SSSR count). The van der Waals surface area contributed by atoms with Gasteiger partial charge in [-0.1, -0.05) is 42.5 Å². The summed E-state index contributed by atoms with van der Waals surface area (Å²) in [4.78, 5) is 23.4. The molecule has 0 saturated carbocycles. The van der Waals surface area contributed by atoms with Crippen molar-refractivity contribution in [1.29, 1.82) is 0 Å². The average molecular weight is 314 g/mol. The monoisotopic (exact) mass is 314 g/mol. The second kappa shape index (κ2) is 5.96. The van der Waals surface area contributed by atoms with Crippen molar-refractivity contribution in [2.45, 2.75) is 0 Å². The minimum absolute atomic E-state index is 0.165. The molecule has 5 heteroatoms. The maximum Gasteiger partial charge on any atom is 0.249 e. The Hall–Kier alpha value is -3.47. The van der Waals surface area contributed by atoms with E-state index in [1.807, 2.05) is 54.6 Å². The van der Waals surface area contributed by atoms with Crippen LogP contribution in [-0.4, -0.2) is 15.0 Å². The lowest BCUT2D eigenvalue weighted by molar-refractivity contribution is 1.21. The second-order valence-corrected chi connectivity index (χ2v) is 5.35. The standard InChI is InChI=1S/C19H14N4O/c24-17-12-14(10-11-20-17)21-19-15-8-4-5-9-16(15)22-18(23-19)13-6-2-1-3-7-13/h1-12H,(H2,20,21,22,23,24). The van der Waals surface area contributed by atoms with Gasteiger partial charge in [-0.3, -0.25) is 4.79 Å². The largest absolute Gasteiger partial charge is 0.339 e. The molecule has 0 unspecified atom stereocenters. The van der Waals surface area contributed by atoms with Crippen molar-refractivity contribution in [3.05, 3.63) is 83.3 Å². The lowest BCUT2D eigenvalue weighted by atomic mass is 10.2. The number of nitrogens with one attached hydrogen (secondary N) is 2. The molecule has 0 aliphatic heterocycles. The Bertz CT molecular complexity index is 1060. The number of aromatic amines is 1. The first kappa shape index (κ1) is 14.1. The van der Waals surface area contributed by atoms with Gasteiger partial charge >= 0.3 is 0 Å². The maximum absolute atomic E-state index is 11.5. The Morgan fingerprint density at radius 1 is 0.875 bits per heavy atom. The van der Waals surface area contributed by atoms with Crippen molar-refractivity contribution >= 4 is 22.4 Å². The van der Waals surface area contributed by atoms with E-state index in [0.29, 0.717) is 17.3 Å². The average Bonchev–Trinajstić information content (AvgIpc) is 2.62. The summed E-state index contributed by atoms with van der Waals surface area (Å²) in [5.41, 5.74) is 2.30. The molecule has 5 nitrogen and oxygen atoms in total. The minimum Gasteiger partial charge on any atom is -0.339 e. The predicted molar refractivity (Wildman–Crippen MR) is 95.3 cm³/mol. The lowest BCUT2D eigenvalue weighted by Crippen LogP contribution is -2.05. The Kier molecular flexibility index (Phi) is 3.51. The lowest BCUT2D eigenvalue weighted by Gasteiger charge is -2.10. The molecule has 0 radical (unpaired) electrons. The van der Waals surface area contributed by atoms with Gasteiger partial charge in [0.15, 0.2) is 5.82 Å². The van der Waals surface area contributed by atoms with E-state index in [2.05, 4.69) is 20.3 Å². The third-order valence-electron chi connectivity index (χ3n) is 3.67. The van der Waals surface area contributed by atoms with Gasteiger partial charge in [-0.2, -0.15) is 0 Å². The van der Waals surface area contributed by atoms with Gasteiger partial charge in [-0.15, -0.1) is 0 Å². The number of fused-ring (bicyclic) bond motifs is 1. The molecule has 0 atom stereocenters. The van der Waals surface area contributed by atoms with Gasteiger partial charge in [0, 0.05) is 28.9 Å². The minimum atomic E-state index is -0.165. The highest BCUT2D eigenvalue weighted by atomic mass is 16.1. The van der Waals surface area contributed by atoms with Gasteiger partial charge in [0.05, 0.1) is 5.52 Å². The molecular weight excluding hydrogens is 300 g/mol. The van der Waals surface area contributed by atoms with E-state index in [1.165, 1.54) is 6.07 Å². The summed E-state index contributed by atoms with van der Waals surface area (Å²) in [5, 5.41) is 4.13. The van der Waals surface area contributed by atoms with Crippen LogP contribution in [0.3, 0.4) is 0 Å². The molecule has 0 fully saturated rings. The SMILES string of the molecule is O=c1cc(Nc2nc(-c3ccccc3)nc3ccccc23)cc[nH]1. The number of benzene rings is 2. The van der Waals surface area contributed by atoms with Crippen molar-refractivity contribution in [2.24, 2.45) is 0 Å². The zero-order valence-electron chi connectivity index (χ0n) is 12.7. The van der Waals surface area contributed by atoms with E-state index >= 15 is 0 Å². The van der Waals surface area contributed by atoms with Crippen molar-refractivity contribution in [1.82, 2.24) is 15.0 Å². The zero-order chi connectivity index (χ0) is 16.4. The first-order valence-corrected chi connectivity index (χ1v) is 7.57. The van der Waals surface area contributed by atoms with Gasteiger partial charge in [0.1, 0.15) is 5.82 Å². The Labute approximate surface area is 138 Å². The van der Waals surface area contributed by atoms with E-state index in [0.717, 1.165) is 16.5 Å². The van der Waals surface area contributed by atoms with Crippen LogP contribution >= 0.6 is 0 Å². The van der Waals surface area contributed by atoms with Crippen LogP contribution in [0.2, 0.25) is 0 Å². The van der Waals surface area contributed by atoms with Crippen LogP contribution in [0, 0.1) is 0 Å². The van der Waals surface area contributed by atoms with Crippen LogP contribution in [0.4, 0.5) is 11.5 Å². The summed E-state index contributed by atoms with van der Waals surface area (Å²) < 4.78 is 0. The predicted octanol–water partition coefficient (Wildman–Crippen LogP) is 3.73. The molecule has 2 aromatic heterocycles. The Balaban J connectivity index is 1.88. The highest BCUT2D eigenvalue weighted by Gasteiger charge is 2.09. The van der Waals surface area contributed by atoms with Crippen LogP contribution < -0.4 is 10.9 Å². The molecule has 2 N–H and O–H groups in total. The highest BCUT2D eigenvalue weighted by molar-refractivity contribution is 5.92. The summed E-state index contributed by atoms with van der Waals surface area (Å²) in [6.45, 7) is 0. The summed E-state index contributed by atoms with van der Waals surface area (Å²) >= 11 is 0.